The molecule has 0 aliphatic carbocycles. The van der Waals surface area contributed by atoms with Crippen LogP contribution in [0.15, 0.2) is 24.3 Å². The van der Waals surface area contributed by atoms with E-state index < -0.39 is 0 Å². The Morgan fingerprint density at radius 3 is 2.89 bits per heavy atom. The van der Waals surface area contributed by atoms with E-state index in [-0.39, 0.29) is 5.91 Å². The normalized spacial score (nSPS) is 15.2. The van der Waals surface area contributed by atoms with Crippen molar-refractivity contribution in [3.05, 3.63) is 35.4 Å². The van der Waals surface area contributed by atoms with Crippen LogP contribution in [0.2, 0.25) is 0 Å². The summed E-state index contributed by atoms with van der Waals surface area (Å²) >= 11 is 0. The number of carbonyl (C=O) groups is 1. The zero-order valence-electron chi connectivity index (χ0n) is 10.7. The van der Waals surface area contributed by atoms with Gasteiger partial charge in [0.2, 0.25) is 5.91 Å². The van der Waals surface area contributed by atoms with Crippen molar-refractivity contribution >= 4 is 5.91 Å². The van der Waals surface area contributed by atoms with Crippen LogP contribution >= 0.6 is 0 Å². The molecule has 1 aliphatic rings. The van der Waals surface area contributed by atoms with Crippen LogP contribution in [0.4, 0.5) is 0 Å². The number of rotatable bonds is 5. The summed E-state index contributed by atoms with van der Waals surface area (Å²) in [5, 5.41) is 2.89. The molecule has 1 aromatic carbocycles. The number of fused-ring (bicyclic) bond motifs is 1. The zero-order valence-corrected chi connectivity index (χ0v) is 10.7. The molecule has 4 nitrogen and oxygen atoms in total. The Labute approximate surface area is 108 Å². The van der Waals surface area contributed by atoms with Gasteiger partial charge in [0, 0.05) is 39.1 Å². The highest BCUT2D eigenvalue weighted by atomic mass is 16.1. The third-order valence-electron chi connectivity index (χ3n) is 3.33. The molecule has 4 heteroatoms. The van der Waals surface area contributed by atoms with Crippen molar-refractivity contribution in [3.63, 3.8) is 0 Å². The lowest BCUT2D eigenvalue weighted by atomic mass is 10.00. The minimum Gasteiger partial charge on any atom is -0.355 e. The van der Waals surface area contributed by atoms with Crippen molar-refractivity contribution in [2.75, 3.05) is 26.2 Å². The maximum absolute atomic E-state index is 11.3. The number of nitrogens with one attached hydrogen (secondary N) is 1. The largest absolute Gasteiger partial charge is 0.355 e. The van der Waals surface area contributed by atoms with E-state index in [1.54, 1.807) is 0 Å². The molecule has 3 N–H and O–H groups in total. The molecule has 98 valence electrons. The van der Waals surface area contributed by atoms with Crippen molar-refractivity contribution in [2.24, 2.45) is 5.73 Å². The Kier molecular flexibility index (Phi) is 4.73. The van der Waals surface area contributed by atoms with Crippen LogP contribution in [0.5, 0.6) is 0 Å². The van der Waals surface area contributed by atoms with Crippen LogP contribution in [0.3, 0.4) is 0 Å². The average Bonchev–Trinajstić information content (AvgIpc) is 2.39. The summed E-state index contributed by atoms with van der Waals surface area (Å²) in [5.41, 5.74) is 8.20. The van der Waals surface area contributed by atoms with Crippen molar-refractivity contribution in [1.82, 2.24) is 10.2 Å². The molecule has 1 aromatic rings. The summed E-state index contributed by atoms with van der Waals surface area (Å²) < 4.78 is 0. The maximum Gasteiger partial charge on any atom is 0.221 e. The Hall–Kier alpha value is -1.39. The van der Waals surface area contributed by atoms with Crippen molar-refractivity contribution in [2.45, 2.75) is 19.4 Å². The first-order valence-corrected chi connectivity index (χ1v) is 6.55. The molecule has 2 rings (SSSR count). The summed E-state index contributed by atoms with van der Waals surface area (Å²) in [6.45, 7) is 4.10. The van der Waals surface area contributed by atoms with Crippen LogP contribution < -0.4 is 11.1 Å². The van der Waals surface area contributed by atoms with E-state index in [1.165, 1.54) is 11.1 Å². The third-order valence-corrected chi connectivity index (χ3v) is 3.33. The second-order valence-electron chi connectivity index (χ2n) is 4.68. The molecule has 0 atom stereocenters. The van der Waals surface area contributed by atoms with Gasteiger partial charge in [0.1, 0.15) is 0 Å². The van der Waals surface area contributed by atoms with E-state index in [0.29, 0.717) is 19.5 Å². The fourth-order valence-electron chi connectivity index (χ4n) is 2.32. The van der Waals surface area contributed by atoms with Gasteiger partial charge >= 0.3 is 0 Å². The van der Waals surface area contributed by atoms with E-state index >= 15 is 0 Å². The Bertz CT molecular complexity index is 406. The molecular weight excluding hydrogens is 226 g/mol. The van der Waals surface area contributed by atoms with E-state index in [1.807, 2.05) is 0 Å². The average molecular weight is 247 g/mol. The molecule has 0 aromatic heterocycles. The second-order valence-corrected chi connectivity index (χ2v) is 4.68. The van der Waals surface area contributed by atoms with Gasteiger partial charge < -0.3 is 11.1 Å². The smallest absolute Gasteiger partial charge is 0.221 e. The lowest BCUT2D eigenvalue weighted by Gasteiger charge is -2.28. The monoisotopic (exact) mass is 247 g/mol. The van der Waals surface area contributed by atoms with Crippen LogP contribution in [0.25, 0.3) is 0 Å². The van der Waals surface area contributed by atoms with Crippen LogP contribution in [0.1, 0.15) is 17.5 Å². The molecule has 0 spiro atoms. The molecule has 0 fully saturated rings. The molecular formula is C14H21N3O. The minimum atomic E-state index is 0.0508. The number of nitrogens with zero attached hydrogens (tertiary/aromatic N) is 1. The summed E-state index contributed by atoms with van der Waals surface area (Å²) in [4.78, 5) is 13.7. The predicted octanol–water partition coefficient (Wildman–Crippen LogP) is 0.510. The first-order valence-electron chi connectivity index (χ1n) is 6.55. The summed E-state index contributed by atoms with van der Waals surface area (Å²) in [7, 11) is 0. The highest BCUT2D eigenvalue weighted by Crippen LogP contribution is 2.17. The van der Waals surface area contributed by atoms with Crippen molar-refractivity contribution in [1.29, 1.82) is 0 Å². The summed E-state index contributed by atoms with van der Waals surface area (Å²) in [5.74, 6) is 0.0508. The van der Waals surface area contributed by atoms with Gasteiger partial charge in [0.05, 0.1) is 0 Å². The topological polar surface area (TPSA) is 58.4 Å². The van der Waals surface area contributed by atoms with E-state index in [0.717, 1.165) is 26.1 Å². The van der Waals surface area contributed by atoms with Crippen LogP contribution in [-0.4, -0.2) is 37.0 Å². The number of hydrogen-bond acceptors (Lipinski definition) is 3. The van der Waals surface area contributed by atoms with Gasteiger partial charge in [0.25, 0.3) is 0 Å². The van der Waals surface area contributed by atoms with Gasteiger partial charge in [-0.25, -0.2) is 0 Å². The molecule has 1 heterocycles. The van der Waals surface area contributed by atoms with E-state index in [9.17, 15) is 4.79 Å². The quantitative estimate of drug-likeness (QED) is 0.797. The number of nitrogens with two attached hydrogens (primary N) is 1. The SMILES string of the molecule is NCCC(=O)NCCN1CCc2ccccc2C1. The Morgan fingerprint density at radius 1 is 1.33 bits per heavy atom. The van der Waals surface area contributed by atoms with Gasteiger partial charge in [-0.15, -0.1) is 0 Å². The summed E-state index contributed by atoms with van der Waals surface area (Å²) in [6.07, 6.45) is 1.52. The number of benzene rings is 1. The van der Waals surface area contributed by atoms with Crippen LogP contribution in [0, 0.1) is 0 Å². The van der Waals surface area contributed by atoms with E-state index in [2.05, 4.69) is 34.5 Å². The first kappa shape index (κ1) is 13.1. The number of carbonyl (C=O) groups excluding carboxylic acids is 1. The van der Waals surface area contributed by atoms with Crippen molar-refractivity contribution in [3.8, 4) is 0 Å². The molecule has 0 radical (unpaired) electrons. The minimum absolute atomic E-state index is 0.0508. The predicted molar refractivity (Wildman–Crippen MR) is 72.1 cm³/mol. The zero-order chi connectivity index (χ0) is 12.8. The van der Waals surface area contributed by atoms with E-state index in [4.69, 9.17) is 5.73 Å². The van der Waals surface area contributed by atoms with Gasteiger partial charge in [-0.2, -0.15) is 0 Å². The number of hydrogen-bond donors (Lipinski definition) is 2. The molecule has 0 saturated carbocycles. The Morgan fingerprint density at radius 2 is 2.11 bits per heavy atom. The first-order chi connectivity index (χ1) is 8.79. The molecule has 0 bridgehead atoms. The van der Waals surface area contributed by atoms with Gasteiger partial charge in [-0.05, 0) is 17.5 Å². The molecule has 0 unspecified atom stereocenters. The lowest BCUT2D eigenvalue weighted by Crippen LogP contribution is -2.38. The third kappa shape index (κ3) is 3.55. The molecule has 1 amide bonds. The summed E-state index contributed by atoms with van der Waals surface area (Å²) in [6, 6.07) is 8.58. The Balaban J connectivity index is 1.75. The van der Waals surface area contributed by atoms with Gasteiger partial charge in [0.15, 0.2) is 0 Å². The standard InChI is InChI=1S/C14H21N3O/c15-7-5-14(18)16-8-10-17-9-6-12-3-1-2-4-13(12)11-17/h1-4H,5-11,15H2,(H,16,18). The molecule has 1 aliphatic heterocycles. The lowest BCUT2D eigenvalue weighted by molar-refractivity contribution is -0.120. The van der Waals surface area contributed by atoms with Crippen LogP contribution in [-0.2, 0) is 17.8 Å². The number of amides is 1. The molecule has 18 heavy (non-hydrogen) atoms. The fourth-order valence-corrected chi connectivity index (χ4v) is 2.32. The maximum atomic E-state index is 11.3. The second kappa shape index (κ2) is 6.52. The fraction of sp³-hybridized carbons (Fsp3) is 0.500. The van der Waals surface area contributed by atoms with Crippen molar-refractivity contribution < 1.29 is 4.79 Å². The molecule has 0 saturated heterocycles. The highest BCUT2D eigenvalue weighted by Gasteiger charge is 2.14. The highest BCUT2D eigenvalue weighted by molar-refractivity contribution is 5.75. The van der Waals surface area contributed by atoms with Gasteiger partial charge in [-0.1, -0.05) is 24.3 Å². The van der Waals surface area contributed by atoms with Gasteiger partial charge in [-0.3, -0.25) is 9.69 Å².